The molecule has 6 heteroatoms. The molecule has 0 aliphatic heterocycles. The van der Waals surface area contributed by atoms with E-state index in [9.17, 15) is 4.79 Å². The summed E-state index contributed by atoms with van der Waals surface area (Å²) in [5.74, 6) is 1.62. The Morgan fingerprint density at radius 2 is 1.93 bits per heavy atom. The van der Waals surface area contributed by atoms with Crippen LogP contribution in [-0.2, 0) is 17.9 Å². The second-order valence-corrected chi connectivity index (χ2v) is 7.03. The molecule has 3 rings (SSSR count). The van der Waals surface area contributed by atoms with E-state index in [-0.39, 0.29) is 5.91 Å². The predicted molar refractivity (Wildman–Crippen MR) is 108 cm³/mol. The number of imidazole rings is 1. The average Bonchev–Trinajstić information content (AvgIpc) is 2.99. The van der Waals surface area contributed by atoms with Gasteiger partial charge in [0.1, 0.15) is 11.6 Å². The molecule has 1 amide bonds. The summed E-state index contributed by atoms with van der Waals surface area (Å²) in [6.07, 6.45) is 0.828. The fourth-order valence-electron chi connectivity index (χ4n) is 3.12. The van der Waals surface area contributed by atoms with Gasteiger partial charge in [-0.05, 0) is 55.7 Å². The highest BCUT2D eigenvalue weighted by atomic mass is 35.5. The first-order valence-electron chi connectivity index (χ1n) is 9.04. The van der Waals surface area contributed by atoms with E-state index in [0.29, 0.717) is 13.2 Å². The maximum absolute atomic E-state index is 11.3. The van der Waals surface area contributed by atoms with Crippen molar-refractivity contribution in [1.29, 1.82) is 0 Å². The van der Waals surface area contributed by atoms with Crippen molar-refractivity contribution < 1.29 is 9.53 Å². The maximum Gasteiger partial charge on any atom is 0.217 e. The minimum Gasteiger partial charge on any atom is -0.494 e. The van der Waals surface area contributed by atoms with Crippen LogP contribution in [0.2, 0.25) is 5.02 Å². The molecule has 0 bridgehead atoms. The van der Waals surface area contributed by atoms with Crippen molar-refractivity contribution in [2.45, 2.75) is 40.3 Å². The van der Waals surface area contributed by atoms with Gasteiger partial charge in [0.15, 0.2) is 0 Å². The summed E-state index contributed by atoms with van der Waals surface area (Å²) in [5.41, 5.74) is 4.04. The summed E-state index contributed by atoms with van der Waals surface area (Å²) < 4.78 is 8.05. The van der Waals surface area contributed by atoms with Crippen LogP contribution in [0.25, 0.3) is 11.0 Å². The number of benzene rings is 2. The standard InChI is InChI=1S/C21H24ClN3O2/c1-14-11-17(12-15(2)21(14)22)27-10-6-9-25-19-8-5-4-7-18(19)24-20(25)13-23-16(3)26/h4-5,7-8,11-12H,6,9-10,13H2,1-3H3,(H,23,26). The van der Waals surface area contributed by atoms with E-state index >= 15 is 0 Å². The lowest BCUT2D eigenvalue weighted by molar-refractivity contribution is -0.119. The molecule has 5 nitrogen and oxygen atoms in total. The number of ether oxygens (including phenoxy) is 1. The molecule has 0 unspecified atom stereocenters. The first-order chi connectivity index (χ1) is 13.0. The second kappa shape index (κ2) is 8.44. The lowest BCUT2D eigenvalue weighted by Gasteiger charge is -2.12. The van der Waals surface area contributed by atoms with E-state index in [1.54, 1.807) is 0 Å². The summed E-state index contributed by atoms with van der Waals surface area (Å²) in [5, 5.41) is 3.62. The van der Waals surface area contributed by atoms with Crippen LogP contribution in [0.15, 0.2) is 36.4 Å². The molecule has 0 saturated heterocycles. The van der Waals surface area contributed by atoms with Gasteiger partial charge in [-0.1, -0.05) is 23.7 Å². The Kier molecular flexibility index (Phi) is 6.01. The number of carbonyl (C=O) groups is 1. The highest BCUT2D eigenvalue weighted by Crippen LogP contribution is 2.26. The van der Waals surface area contributed by atoms with Crippen molar-refractivity contribution in [2.24, 2.45) is 0 Å². The Balaban J connectivity index is 1.67. The number of fused-ring (bicyclic) bond motifs is 1. The van der Waals surface area contributed by atoms with Crippen molar-refractivity contribution in [3.8, 4) is 5.75 Å². The molecule has 0 aliphatic rings. The molecule has 1 heterocycles. The second-order valence-electron chi connectivity index (χ2n) is 6.65. The monoisotopic (exact) mass is 385 g/mol. The van der Waals surface area contributed by atoms with E-state index in [0.717, 1.165) is 51.7 Å². The van der Waals surface area contributed by atoms with E-state index in [2.05, 4.69) is 14.9 Å². The lowest BCUT2D eigenvalue weighted by atomic mass is 10.1. The van der Waals surface area contributed by atoms with Crippen LogP contribution < -0.4 is 10.1 Å². The van der Waals surface area contributed by atoms with Crippen LogP contribution in [-0.4, -0.2) is 22.1 Å². The van der Waals surface area contributed by atoms with Crippen molar-refractivity contribution in [3.05, 3.63) is 58.4 Å². The van der Waals surface area contributed by atoms with Gasteiger partial charge in [-0.25, -0.2) is 4.98 Å². The molecule has 0 fully saturated rings. The molecular formula is C21H24ClN3O2. The van der Waals surface area contributed by atoms with Gasteiger partial charge < -0.3 is 14.6 Å². The Morgan fingerprint density at radius 3 is 2.63 bits per heavy atom. The highest BCUT2D eigenvalue weighted by Gasteiger charge is 2.11. The van der Waals surface area contributed by atoms with E-state index < -0.39 is 0 Å². The summed E-state index contributed by atoms with van der Waals surface area (Å²) in [6.45, 7) is 7.24. The van der Waals surface area contributed by atoms with Crippen LogP contribution in [0.4, 0.5) is 0 Å². The van der Waals surface area contributed by atoms with E-state index in [1.165, 1.54) is 6.92 Å². The van der Waals surface area contributed by atoms with Gasteiger partial charge in [0.05, 0.1) is 24.2 Å². The summed E-state index contributed by atoms with van der Waals surface area (Å²) in [4.78, 5) is 15.9. The third-order valence-corrected chi connectivity index (χ3v) is 5.03. The van der Waals surface area contributed by atoms with Gasteiger partial charge in [-0.3, -0.25) is 4.79 Å². The molecule has 0 aliphatic carbocycles. The van der Waals surface area contributed by atoms with Crippen molar-refractivity contribution in [1.82, 2.24) is 14.9 Å². The number of hydrogen-bond donors (Lipinski definition) is 1. The van der Waals surface area contributed by atoms with Gasteiger partial charge >= 0.3 is 0 Å². The van der Waals surface area contributed by atoms with Crippen LogP contribution in [0, 0.1) is 13.8 Å². The minimum absolute atomic E-state index is 0.0644. The van der Waals surface area contributed by atoms with Gasteiger partial charge in [0.25, 0.3) is 0 Å². The zero-order valence-corrected chi connectivity index (χ0v) is 16.6. The molecule has 0 atom stereocenters. The van der Waals surface area contributed by atoms with Crippen LogP contribution in [0.1, 0.15) is 30.3 Å². The molecule has 1 aromatic heterocycles. The minimum atomic E-state index is -0.0644. The van der Waals surface area contributed by atoms with Gasteiger partial charge in [-0.15, -0.1) is 0 Å². The number of carbonyl (C=O) groups excluding carboxylic acids is 1. The molecule has 0 saturated carbocycles. The number of hydrogen-bond acceptors (Lipinski definition) is 3. The number of rotatable bonds is 7. The molecule has 1 N–H and O–H groups in total. The highest BCUT2D eigenvalue weighted by molar-refractivity contribution is 6.32. The smallest absolute Gasteiger partial charge is 0.217 e. The van der Waals surface area contributed by atoms with Crippen molar-refractivity contribution in [3.63, 3.8) is 0 Å². The fourth-order valence-corrected chi connectivity index (χ4v) is 3.22. The SMILES string of the molecule is CC(=O)NCc1nc2ccccc2n1CCCOc1cc(C)c(Cl)c(C)c1. The predicted octanol–water partition coefficient (Wildman–Crippen LogP) is 4.41. The van der Waals surface area contributed by atoms with E-state index in [4.69, 9.17) is 16.3 Å². The zero-order valence-electron chi connectivity index (χ0n) is 15.9. The van der Waals surface area contributed by atoms with Crippen LogP contribution in [0.5, 0.6) is 5.75 Å². The Morgan fingerprint density at radius 1 is 1.22 bits per heavy atom. The van der Waals surface area contributed by atoms with Crippen LogP contribution >= 0.6 is 11.6 Å². The number of amides is 1. The number of nitrogens with one attached hydrogen (secondary N) is 1. The first kappa shape index (κ1) is 19.2. The number of nitrogens with zero attached hydrogens (tertiary/aromatic N) is 2. The summed E-state index contributed by atoms with van der Waals surface area (Å²) >= 11 is 6.21. The summed E-state index contributed by atoms with van der Waals surface area (Å²) in [6, 6.07) is 11.9. The lowest BCUT2D eigenvalue weighted by Crippen LogP contribution is -2.22. The Hall–Kier alpha value is -2.53. The molecular weight excluding hydrogens is 362 g/mol. The topological polar surface area (TPSA) is 56.2 Å². The number of para-hydroxylation sites is 2. The maximum atomic E-state index is 11.3. The Labute approximate surface area is 164 Å². The van der Waals surface area contributed by atoms with Crippen molar-refractivity contribution >= 4 is 28.5 Å². The van der Waals surface area contributed by atoms with E-state index in [1.807, 2.05) is 50.2 Å². The van der Waals surface area contributed by atoms with Crippen LogP contribution in [0.3, 0.4) is 0 Å². The molecule has 142 valence electrons. The van der Waals surface area contributed by atoms with Gasteiger partial charge in [0.2, 0.25) is 5.91 Å². The number of halogens is 1. The fraction of sp³-hybridized carbons (Fsp3) is 0.333. The zero-order chi connectivity index (χ0) is 19.4. The quantitative estimate of drug-likeness (QED) is 0.613. The number of aromatic nitrogens is 2. The molecule has 0 spiro atoms. The molecule has 0 radical (unpaired) electrons. The van der Waals surface area contributed by atoms with Gasteiger partial charge in [-0.2, -0.15) is 0 Å². The average molecular weight is 386 g/mol. The third-order valence-electron chi connectivity index (χ3n) is 4.43. The molecule has 27 heavy (non-hydrogen) atoms. The first-order valence-corrected chi connectivity index (χ1v) is 9.41. The van der Waals surface area contributed by atoms with Gasteiger partial charge in [0, 0.05) is 18.5 Å². The van der Waals surface area contributed by atoms with Crippen molar-refractivity contribution in [2.75, 3.05) is 6.61 Å². The molecule has 3 aromatic rings. The Bertz CT molecular complexity index is 942. The normalized spacial score (nSPS) is 11.0. The molecule has 2 aromatic carbocycles. The third kappa shape index (κ3) is 4.61. The number of aryl methyl sites for hydroxylation is 3. The largest absolute Gasteiger partial charge is 0.494 e. The summed E-state index contributed by atoms with van der Waals surface area (Å²) in [7, 11) is 0.